The van der Waals surface area contributed by atoms with E-state index in [2.05, 4.69) is 15.3 Å². The lowest BCUT2D eigenvalue weighted by Gasteiger charge is -2.11. The maximum atomic E-state index is 12.8. The molecular formula is C17H14F3N3O2. The lowest BCUT2D eigenvalue weighted by Crippen LogP contribution is -2.22. The lowest BCUT2D eigenvalue weighted by atomic mass is 10.1. The normalized spacial score (nSPS) is 18.9. The molecule has 1 atom stereocenters. The average Bonchev–Trinajstić information content (AvgIpc) is 2.96. The SMILES string of the molecule is O=C1NC(=NCCc2ccccn2)OC1c1cccc(C(F)(F)F)c1. The molecule has 1 amide bonds. The number of amidine groups is 1. The number of benzene rings is 1. The predicted octanol–water partition coefficient (Wildman–Crippen LogP) is 2.89. The Hall–Kier alpha value is -2.90. The molecule has 2 aromatic rings. The predicted molar refractivity (Wildman–Crippen MR) is 83.7 cm³/mol. The minimum atomic E-state index is -4.48. The summed E-state index contributed by atoms with van der Waals surface area (Å²) in [5, 5.41) is 2.43. The van der Waals surface area contributed by atoms with Crippen molar-refractivity contribution in [3.8, 4) is 0 Å². The second kappa shape index (κ2) is 6.92. The molecule has 1 N–H and O–H groups in total. The van der Waals surface area contributed by atoms with Gasteiger partial charge < -0.3 is 4.74 Å². The van der Waals surface area contributed by atoms with Gasteiger partial charge in [0, 0.05) is 30.4 Å². The van der Waals surface area contributed by atoms with Gasteiger partial charge in [0.05, 0.1) is 5.56 Å². The molecule has 0 spiro atoms. The van der Waals surface area contributed by atoms with E-state index in [-0.39, 0.29) is 11.6 Å². The number of pyridine rings is 1. The number of nitrogens with one attached hydrogen (secondary N) is 1. The van der Waals surface area contributed by atoms with Crippen molar-refractivity contribution in [2.75, 3.05) is 6.54 Å². The zero-order valence-corrected chi connectivity index (χ0v) is 13.0. The van der Waals surface area contributed by atoms with E-state index in [0.29, 0.717) is 13.0 Å². The summed E-state index contributed by atoms with van der Waals surface area (Å²) in [7, 11) is 0. The standard InChI is InChI=1S/C17H14F3N3O2/c18-17(19,20)12-5-3-4-11(10-12)14-15(24)23-16(25-14)22-9-7-13-6-1-2-8-21-13/h1-6,8,10,14H,7,9H2,(H,22,23,24). The molecule has 130 valence electrons. The first-order valence-electron chi connectivity index (χ1n) is 7.52. The number of hydrogen-bond donors (Lipinski definition) is 1. The number of aliphatic imine (C=N–C) groups is 1. The van der Waals surface area contributed by atoms with Crippen molar-refractivity contribution < 1.29 is 22.7 Å². The topological polar surface area (TPSA) is 63.6 Å². The maximum absolute atomic E-state index is 12.8. The van der Waals surface area contributed by atoms with Crippen LogP contribution in [0.3, 0.4) is 0 Å². The Balaban J connectivity index is 1.67. The summed E-state index contributed by atoms with van der Waals surface area (Å²) in [6.45, 7) is 0.335. The van der Waals surface area contributed by atoms with Crippen LogP contribution in [0.5, 0.6) is 0 Å². The van der Waals surface area contributed by atoms with Crippen LogP contribution in [0.25, 0.3) is 0 Å². The molecule has 2 heterocycles. The van der Waals surface area contributed by atoms with Crippen LogP contribution in [0, 0.1) is 0 Å². The molecule has 0 bridgehead atoms. The number of carbonyl (C=O) groups excluding carboxylic acids is 1. The number of halogens is 3. The fourth-order valence-electron chi connectivity index (χ4n) is 2.36. The summed E-state index contributed by atoms with van der Waals surface area (Å²) in [5.41, 5.74) is 0.134. The molecule has 1 saturated heterocycles. The molecule has 1 aromatic carbocycles. The van der Waals surface area contributed by atoms with Crippen LogP contribution in [0.4, 0.5) is 13.2 Å². The highest BCUT2D eigenvalue weighted by atomic mass is 19.4. The summed E-state index contributed by atoms with van der Waals surface area (Å²) in [4.78, 5) is 20.2. The minimum absolute atomic E-state index is 0.00310. The van der Waals surface area contributed by atoms with E-state index < -0.39 is 23.8 Å². The van der Waals surface area contributed by atoms with Crippen molar-refractivity contribution in [3.05, 3.63) is 65.5 Å². The Labute approximate surface area is 141 Å². The van der Waals surface area contributed by atoms with Crippen LogP contribution < -0.4 is 5.32 Å². The quantitative estimate of drug-likeness (QED) is 0.923. The molecule has 0 aliphatic carbocycles. The maximum Gasteiger partial charge on any atom is 0.416 e. The number of rotatable bonds is 4. The number of amides is 1. The highest BCUT2D eigenvalue weighted by Crippen LogP contribution is 2.32. The van der Waals surface area contributed by atoms with Gasteiger partial charge in [0.25, 0.3) is 11.9 Å². The van der Waals surface area contributed by atoms with E-state index in [1.54, 1.807) is 12.3 Å². The first kappa shape index (κ1) is 16.9. The molecule has 5 nitrogen and oxygen atoms in total. The molecule has 1 fully saturated rings. The zero-order valence-electron chi connectivity index (χ0n) is 13.0. The zero-order chi connectivity index (χ0) is 17.9. The van der Waals surface area contributed by atoms with Gasteiger partial charge >= 0.3 is 6.18 Å². The van der Waals surface area contributed by atoms with Gasteiger partial charge in [0.2, 0.25) is 6.10 Å². The van der Waals surface area contributed by atoms with E-state index >= 15 is 0 Å². The average molecular weight is 349 g/mol. The fourth-order valence-corrected chi connectivity index (χ4v) is 2.36. The van der Waals surface area contributed by atoms with Gasteiger partial charge in [0.1, 0.15) is 0 Å². The summed E-state index contributed by atoms with van der Waals surface area (Å²) in [6.07, 6.45) is -3.40. The van der Waals surface area contributed by atoms with Crippen LogP contribution in [-0.2, 0) is 22.1 Å². The molecule has 1 aliphatic rings. The Morgan fingerprint density at radius 1 is 1.20 bits per heavy atom. The van der Waals surface area contributed by atoms with E-state index in [4.69, 9.17) is 4.74 Å². The highest BCUT2D eigenvalue weighted by molar-refractivity contribution is 6.02. The van der Waals surface area contributed by atoms with E-state index in [9.17, 15) is 18.0 Å². The Morgan fingerprint density at radius 3 is 2.76 bits per heavy atom. The third kappa shape index (κ3) is 4.14. The second-order valence-corrected chi connectivity index (χ2v) is 5.37. The van der Waals surface area contributed by atoms with Crippen molar-refractivity contribution in [2.24, 2.45) is 4.99 Å². The number of aromatic nitrogens is 1. The molecule has 1 aliphatic heterocycles. The third-order valence-electron chi connectivity index (χ3n) is 3.56. The van der Waals surface area contributed by atoms with Gasteiger partial charge in [-0.05, 0) is 24.3 Å². The van der Waals surface area contributed by atoms with Gasteiger partial charge in [-0.3, -0.25) is 15.1 Å². The molecule has 0 radical (unpaired) electrons. The third-order valence-corrected chi connectivity index (χ3v) is 3.56. The van der Waals surface area contributed by atoms with E-state index in [1.807, 2.05) is 12.1 Å². The van der Waals surface area contributed by atoms with Gasteiger partial charge in [-0.15, -0.1) is 0 Å². The van der Waals surface area contributed by atoms with Gasteiger partial charge in [0.15, 0.2) is 0 Å². The van der Waals surface area contributed by atoms with Gasteiger partial charge in [-0.25, -0.2) is 4.99 Å². The van der Waals surface area contributed by atoms with E-state index in [1.165, 1.54) is 12.1 Å². The molecule has 8 heteroatoms. The van der Waals surface area contributed by atoms with Gasteiger partial charge in [-0.2, -0.15) is 13.2 Å². The first-order chi connectivity index (χ1) is 11.9. The van der Waals surface area contributed by atoms with Crippen LogP contribution >= 0.6 is 0 Å². The number of ether oxygens (including phenoxy) is 1. The summed E-state index contributed by atoms with van der Waals surface area (Å²) in [5.74, 6) is -0.545. The molecule has 0 saturated carbocycles. The molecule has 1 unspecified atom stereocenters. The Bertz CT molecular complexity index is 791. The number of carbonyl (C=O) groups is 1. The molecule has 25 heavy (non-hydrogen) atoms. The number of nitrogens with zero attached hydrogens (tertiary/aromatic N) is 2. The molecule has 1 aromatic heterocycles. The minimum Gasteiger partial charge on any atom is -0.447 e. The van der Waals surface area contributed by atoms with Crippen molar-refractivity contribution in [1.82, 2.24) is 10.3 Å². The smallest absolute Gasteiger partial charge is 0.416 e. The van der Waals surface area contributed by atoms with Crippen LogP contribution in [-0.4, -0.2) is 23.5 Å². The van der Waals surface area contributed by atoms with Crippen molar-refractivity contribution in [2.45, 2.75) is 18.7 Å². The summed E-state index contributed by atoms with van der Waals surface area (Å²) in [6, 6.07) is 10.0. The largest absolute Gasteiger partial charge is 0.447 e. The first-order valence-corrected chi connectivity index (χ1v) is 7.52. The molecule has 3 rings (SSSR count). The van der Waals surface area contributed by atoms with Crippen molar-refractivity contribution in [1.29, 1.82) is 0 Å². The van der Waals surface area contributed by atoms with E-state index in [0.717, 1.165) is 17.8 Å². The fraction of sp³-hybridized carbons (Fsp3) is 0.235. The van der Waals surface area contributed by atoms with Gasteiger partial charge in [-0.1, -0.05) is 18.2 Å². The Morgan fingerprint density at radius 2 is 2.04 bits per heavy atom. The summed E-state index contributed by atoms with van der Waals surface area (Å²) >= 11 is 0. The second-order valence-electron chi connectivity index (χ2n) is 5.37. The Kier molecular flexibility index (Phi) is 4.69. The number of hydrogen-bond acceptors (Lipinski definition) is 4. The van der Waals surface area contributed by atoms with Crippen molar-refractivity contribution in [3.63, 3.8) is 0 Å². The monoisotopic (exact) mass is 349 g/mol. The highest BCUT2D eigenvalue weighted by Gasteiger charge is 2.35. The van der Waals surface area contributed by atoms with Crippen LogP contribution in [0.15, 0.2) is 53.7 Å². The van der Waals surface area contributed by atoms with Crippen LogP contribution in [0.1, 0.15) is 22.9 Å². The summed E-state index contributed by atoms with van der Waals surface area (Å²) < 4.78 is 43.7. The lowest BCUT2D eigenvalue weighted by molar-refractivity contribution is -0.137. The van der Waals surface area contributed by atoms with Crippen LogP contribution in [0.2, 0.25) is 0 Å². The number of alkyl halides is 3. The molecular weight excluding hydrogens is 335 g/mol. The van der Waals surface area contributed by atoms with Crippen molar-refractivity contribution >= 4 is 11.9 Å².